The predicted molar refractivity (Wildman–Crippen MR) is 65.2 cm³/mol. The minimum Gasteiger partial charge on any atom is -0.350 e. The third kappa shape index (κ3) is 4.95. The van der Waals surface area contributed by atoms with Gasteiger partial charge in [0.2, 0.25) is 5.91 Å². The largest absolute Gasteiger partial charge is 0.350 e. The van der Waals surface area contributed by atoms with Crippen LogP contribution >= 0.6 is 0 Å². The van der Waals surface area contributed by atoms with Crippen LogP contribution in [0.1, 0.15) is 33.0 Å². The van der Waals surface area contributed by atoms with Crippen molar-refractivity contribution in [2.24, 2.45) is 7.05 Å². The molecule has 96 valence electrons. The molecule has 1 aromatic rings. The van der Waals surface area contributed by atoms with Crippen LogP contribution in [-0.2, 0) is 18.4 Å². The highest BCUT2D eigenvalue weighted by atomic mass is 16.2. The van der Waals surface area contributed by atoms with Crippen LogP contribution in [0.15, 0.2) is 6.33 Å². The number of aromatic nitrogens is 3. The fourth-order valence-corrected chi connectivity index (χ4v) is 1.26. The first-order chi connectivity index (χ1) is 7.93. The third-order valence-electron chi connectivity index (χ3n) is 2.58. The van der Waals surface area contributed by atoms with Crippen molar-refractivity contribution in [2.45, 2.75) is 39.3 Å². The Bertz CT molecular complexity index is 372. The molecule has 1 heterocycles. The van der Waals surface area contributed by atoms with E-state index in [-0.39, 0.29) is 18.0 Å². The lowest BCUT2D eigenvalue weighted by molar-refractivity contribution is -0.121. The minimum absolute atomic E-state index is 0.00668. The van der Waals surface area contributed by atoms with Gasteiger partial charge in [0.05, 0.1) is 13.1 Å². The van der Waals surface area contributed by atoms with Crippen LogP contribution in [0.25, 0.3) is 0 Å². The highest BCUT2D eigenvalue weighted by Gasteiger charge is 2.17. The maximum absolute atomic E-state index is 11.6. The van der Waals surface area contributed by atoms with E-state index in [2.05, 4.69) is 20.7 Å². The first-order valence-electron chi connectivity index (χ1n) is 5.79. The highest BCUT2D eigenvalue weighted by molar-refractivity contribution is 5.78. The molecule has 6 heteroatoms. The van der Waals surface area contributed by atoms with Crippen molar-refractivity contribution in [3.05, 3.63) is 12.2 Å². The van der Waals surface area contributed by atoms with Gasteiger partial charge in [-0.3, -0.25) is 9.48 Å². The molecule has 0 unspecified atom stereocenters. The molecule has 2 N–H and O–H groups in total. The van der Waals surface area contributed by atoms with Crippen molar-refractivity contribution < 1.29 is 4.79 Å². The number of rotatable bonds is 6. The summed E-state index contributed by atoms with van der Waals surface area (Å²) in [4.78, 5) is 15.7. The van der Waals surface area contributed by atoms with Crippen molar-refractivity contribution in [1.29, 1.82) is 0 Å². The van der Waals surface area contributed by atoms with Gasteiger partial charge in [0.25, 0.3) is 0 Å². The maximum Gasteiger partial charge on any atom is 0.234 e. The van der Waals surface area contributed by atoms with Crippen LogP contribution in [0.5, 0.6) is 0 Å². The van der Waals surface area contributed by atoms with Crippen LogP contribution < -0.4 is 10.6 Å². The van der Waals surface area contributed by atoms with Gasteiger partial charge in [-0.05, 0) is 20.3 Å². The van der Waals surface area contributed by atoms with E-state index in [9.17, 15) is 4.79 Å². The average molecular weight is 239 g/mol. The first-order valence-corrected chi connectivity index (χ1v) is 5.79. The summed E-state index contributed by atoms with van der Waals surface area (Å²) in [6.45, 7) is 6.84. The number of nitrogens with one attached hydrogen (secondary N) is 2. The van der Waals surface area contributed by atoms with Crippen molar-refractivity contribution in [3.8, 4) is 0 Å². The molecule has 0 radical (unpaired) electrons. The molecule has 0 aliphatic heterocycles. The SMILES string of the molecule is CCC(C)(C)NC(=O)CNCc1ncn(C)n1. The van der Waals surface area contributed by atoms with Gasteiger partial charge >= 0.3 is 0 Å². The molecule has 0 aromatic carbocycles. The lowest BCUT2D eigenvalue weighted by Gasteiger charge is -2.24. The highest BCUT2D eigenvalue weighted by Crippen LogP contribution is 2.05. The summed E-state index contributed by atoms with van der Waals surface area (Å²) in [6, 6.07) is 0. The number of carbonyl (C=O) groups is 1. The first kappa shape index (κ1) is 13.6. The van der Waals surface area contributed by atoms with Gasteiger partial charge in [0.15, 0.2) is 5.82 Å². The molecule has 6 nitrogen and oxygen atoms in total. The maximum atomic E-state index is 11.6. The summed E-state index contributed by atoms with van der Waals surface area (Å²) in [5.74, 6) is 0.683. The Labute approximate surface area is 102 Å². The quantitative estimate of drug-likeness (QED) is 0.744. The molecule has 0 atom stereocenters. The Morgan fingerprint density at radius 2 is 2.24 bits per heavy atom. The van der Waals surface area contributed by atoms with Crippen LogP contribution in [-0.4, -0.2) is 32.8 Å². The molecule has 0 fully saturated rings. The summed E-state index contributed by atoms with van der Waals surface area (Å²) in [5, 5.41) is 10.1. The second-order valence-corrected chi connectivity index (χ2v) is 4.72. The van der Waals surface area contributed by atoms with E-state index in [4.69, 9.17) is 0 Å². The van der Waals surface area contributed by atoms with E-state index in [0.29, 0.717) is 12.4 Å². The number of aryl methyl sites for hydroxylation is 1. The molecule has 17 heavy (non-hydrogen) atoms. The van der Waals surface area contributed by atoms with Crippen LogP contribution in [0.3, 0.4) is 0 Å². The van der Waals surface area contributed by atoms with Gasteiger partial charge in [0, 0.05) is 12.6 Å². The van der Waals surface area contributed by atoms with E-state index in [1.54, 1.807) is 11.0 Å². The summed E-state index contributed by atoms with van der Waals surface area (Å²) >= 11 is 0. The fraction of sp³-hybridized carbons (Fsp3) is 0.727. The number of carbonyl (C=O) groups excluding carboxylic acids is 1. The van der Waals surface area contributed by atoms with Crippen molar-refractivity contribution >= 4 is 5.91 Å². The van der Waals surface area contributed by atoms with Gasteiger partial charge in [-0.1, -0.05) is 6.92 Å². The molecule has 1 aromatic heterocycles. The van der Waals surface area contributed by atoms with Gasteiger partial charge in [-0.25, -0.2) is 4.98 Å². The Morgan fingerprint density at radius 1 is 1.53 bits per heavy atom. The van der Waals surface area contributed by atoms with E-state index in [0.717, 1.165) is 6.42 Å². The number of nitrogens with zero attached hydrogens (tertiary/aromatic N) is 3. The lowest BCUT2D eigenvalue weighted by atomic mass is 10.0. The summed E-state index contributed by atoms with van der Waals surface area (Å²) in [5.41, 5.74) is -0.151. The monoisotopic (exact) mass is 239 g/mol. The third-order valence-corrected chi connectivity index (χ3v) is 2.58. The smallest absolute Gasteiger partial charge is 0.234 e. The van der Waals surface area contributed by atoms with Gasteiger partial charge in [0.1, 0.15) is 6.33 Å². The topological polar surface area (TPSA) is 71.8 Å². The Hall–Kier alpha value is -1.43. The van der Waals surface area contributed by atoms with E-state index >= 15 is 0 Å². The molecule has 0 saturated heterocycles. The fourth-order valence-electron chi connectivity index (χ4n) is 1.26. The summed E-state index contributed by atoms with van der Waals surface area (Å²) < 4.78 is 1.64. The molecule has 1 amide bonds. The molecular formula is C11H21N5O. The molecular weight excluding hydrogens is 218 g/mol. The predicted octanol–water partition coefficient (Wildman–Crippen LogP) is 0.210. The molecule has 0 aliphatic rings. The van der Waals surface area contributed by atoms with Crippen LogP contribution in [0.4, 0.5) is 0 Å². The molecule has 0 aliphatic carbocycles. The second-order valence-electron chi connectivity index (χ2n) is 4.72. The van der Waals surface area contributed by atoms with Crippen molar-refractivity contribution in [2.75, 3.05) is 6.54 Å². The Kier molecular flexibility index (Phi) is 4.62. The standard InChI is InChI=1S/C11H21N5O/c1-5-11(2,3)14-10(17)7-12-6-9-13-8-16(4)15-9/h8,12H,5-7H2,1-4H3,(H,14,17). The second kappa shape index (κ2) is 5.77. The van der Waals surface area contributed by atoms with Crippen molar-refractivity contribution in [3.63, 3.8) is 0 Å². The van der Waals surface area contributed by atoms with Gasteiger partial charge in [-0.2, -0.15) is 5.10 Å². The lowest BCUT2D eigenvalue weighted by Crippen LogP contribution is -2.46. The van der Waals surface area contributed by atoms with Crippen molar-refractivity contribution in [1.82, 2.24) is 25.4 Å². The zero-order chi connectivity index (χ0) is 12.9. The minimum atomic E-state index is -0.151. The van der Waals surface area contributed by atoms with E-state index < -0.39 is 0 Å². The van der Waals surface area contributed by atoms with Crippen LogP contribution in [0, 0.1) is 0 Å². The molecule has 0 spiro atoms. The zero-order valence-electron chi connectivity index (χ0n) is 10.9. The van der Waals surface area contributed by atoms with E-state index in [1.165, 1.54) is 0 Å². The van der Waals surface area contributed by atoms with E-state index in [1.807, 2.05) is 27.8 Å². The molecule has 1 rings (SSSR count). The molecule has 0 bridgehead atoms. The zero-order valence-corrected chi connectivity index (χ0v) is 10.9. The molecule has 0 saturated carbocycles. The normalized spacial score (nSPS) is 11.5. The average Bonchev–Trinajstić information content (AvgIpc) is 2.63. The number of amides is 1. The van der Waals surface area contributed by atoms with Gasteiger partial charge in [-0.15, -0.1) is 0 Å². The van der Waals surface area contributed by atoms with Crippen LogP contribution in [0.2, 0.25) is 0 Å². The Balaban J connectivity index is 2.25. The van der Waals surface area contributed by atoms with Gasteiger partial charge < -0.3 is 10.6 Å². The Morgan fingerprint density at radius 3 is 2.76 bits per heavy atom. The number of hydrogen-bond acceptors (Lipinski definition) is 4. The summed E-state index contributed by atoms with van der Waals surface area (Å²) in [7, 11) is 1.81. The summed E-state index contributed by atoms with van der Waals surface area (Å²) in [6.07, 6.45) is 2.54. The number of hydrogen-bond donors (Lipinski definition) is 2.